The van der Waals surface area contributed by atoms with E-state index in [-0.39, 0.29) is 0 Å². The molecule has 0 amide bonds. The van der Waals surface area contributed by atoms with E-state index in [0.717, 1.165) is 12.2 Å². The molecule has 2 heteroatoms. The Bertz CT molecular complexity index is 319. The molecule has 0 fully saturated rings. The van der Waals surface area contributed by atoms with Crippen LogP contribution in [0.5, 0.6) is 0 Å². The van der Waals surface area contributed by atoms with Crippen LogP contribution in [-0.4, -0.2) is 19.2 Å². The van der Waals surface area contributed by atoms with Crippen molar-refractivity contribution in [1.29, 1.82) is 0 Å². The molecule has 1 nitrogen and oxygen atoms in total. The summed E-state index contributed by atoms with van der Waals surface area (Å²) in [5, 5.41) is 0. The van der Waals surface area contributed by atoms with Gasteiger partial charge in [-0.2, -0.15) is 0 Å². The molecule has 0 saturated heterocycles. The fraction of sp³-hybridized carbons (Fsp3) is 0.200. The van der Waals surface area contributed by atoms with Gasteiger partial charge in [0.25, 0.3) is 0 Å². The molecule has 1 aromatic carbocycles. The van der Waals surface area contributed by atoms with Gasteiger partial charge in [0.05, 0.1) is 7.85 Å². The number of nitrogens with zero attached hydrogens (tertiary/aromatic N) is 1. The van der Waals surface area contributed by atoms with E-state index in [1.807, 2.05) is 12.1 Å². The molecule has 1 aliphatic rings. The third kappa shape index (κ3) is 0.952. The van der Waals surface area contributed by atoms with E-state index in [9.17, 15) is 0 Å². The van der Waals surface area contributed by atoms with Crippen LogP contribution < -0.4 is 0 Å². The first kappa shape index (κ1) is 7.47. The lowest BCUT2D eigenvalue weighted by atomic mass is 10.1. The number of rotatable bonds is 1. The van der Waals surface area contributed by atoms with Gasteiger partial charge >= 0.3 is 0 Å². The second-order valence-corrected chi connectivity index (χ2v) is 2.98. The number of hydrogen-bond donors (Lipinski definition) is 0. The first-order chi connectivity index (χ1) is 5.83. The molecule has 1 aromatic rings. The van der Waals surface area contributed by atoms with Crippen LogP contribution in [0.1, 0.15) is 11.1 Å². The molecule has 1 heterocycles. The zero-order valence-corrected chi connectivity index (χ0v) is 6.96. The first-order valence-electron chi connectivity index (χ1n) is 4.05. The minimum Gasteiger partial charge on any atom is -0.376 e. The third-order valence-corrected chi connectivity index (χ3v) is 2.29. The zero-order valence-electron chi connectivity index (χ0n) is 6.96. The number of hydrogen-bond acceptors (Lipinski definition) is 1. The minimum absolute atomic E-state index is 0.549. The average Bonchev–Trinajstić information content (AvgIpc) is 2.44. The van der Waals surface area contributed by atoms with Gasteiger partial charge in [0, 0.05) is 17.8 Å². The Hall–Kier alpha value is -1.18. The smallest absolute Gasteiger partial charge is 0.0943 e. The summed E-state index contributed by atoms with van der Waals surface area (Å²) >= 11 is 0. The van der Waals surface area contributed by atoms with E-state index < -0.39 is 0 Å². The minimum atomic E-state index is 0.549. The Labute approximate surface area is 74.1 Å². The van der Waals surface area contributed by atoms with Gasteiger partial charge in [0.15, 0.2) is 0 Å². The fourth-order valence-corrected chi connectivity index (χ4v) is 1.59. The highest BCUT2D eigenvalue weighted by Crippen LogP contribution is 2.29. The van der Waals surface area contributed by atoms with Crippen molar-refractivity contribution >= 4 is 13.5 Å². The summed E-state index contributed by atoms with van der Waals surface area (Å²) in [5.41, 5.74) is 3.61. The molecular formula is C10H10BN. The normalized spacial score (nSPS) is 15.0. The van der Waals surface area contributed by atoms with Gasteiger partial charge in [0.1, 0.15) is 0 Å². The number of fused-ring (bicyclic) bond motifs is 1. The maximum absolute atomic E-state index is 5.57. The quantitative estimate of drug-likeness (QED) is 0.556. The molecule has 0 aliphatic carbocycles. The maximum Gasteiger partial charge on any atom is 0.0943 e. The van der Waals surface area contributed by atoms with Gasteiger partial charge in [0.2, 0.25) is 0 Å². The van der Waals surface area contributed by atoms with Crippen molar-refractivity contribution in [3.63, 3.8) is 0 Å². The van der Waals surface area contributed by atoms with Gasteiger partial charge in [-0.1, -0.05) is 30.8 Å². The summed E-state index contributed by atoms with van der Waals surface area (Å²) < 4.78 is 0. The molecule has 2 rings (SSSR count). The molecule has 12 heavy (non-hydrogen) atoms. The van der Waals surface area contributed by atoms with Crippen molar-refractivity contribution in [1.82, 2.24) is 4.90 Å². The van der Waals surface area contributed by atoms with Gasteiger partial charge in [-0.3, -0.25) is 0 Å². The van der Waals surface area contributed by atoms with Crippen molar-refractivity contribution in [3.8, 4) is 0 Å². The summed E-state index contributed by atoms with van der Waals surface area (Å²) in [6.07, 6.45) is 0.549. The molecule has 0 atom stereocenters. The molecule has 0 spiro atoms. The Kier molecular flexibility index (Phi) is 1.68. The zero-order chi connectivity index (χ0) is 8.55. The molecule has 58 valence electrons. The average molecular weight is 155 g/mol. The third-order valence-electron chi connectivity index (χ3n) is 2.29. The van der Waals surface area contributed by atoms with Gasteiger partial charge in [-0.25, -0.2) is 0 Å². The predicted molar refractivity (Wildman–Crippen MR) is 51.6 cm³/mol. The molecule has 0 saturated carbocycles. The van der Waals surface area contributed by atoms with Crippen LogP contribution >= 0.6 is 0 Å². The summed E-state index contributed by atoms with van der Waals surface area (Å²) in [6, 6.07) is 8.29. The van der Waals surface area contributed by atoms with Crippen molar-refractivity contribution < 1.29 is 0 Å². The Morgan fingerprint density at radius 3 is 2.83 bits per heavy atom. The van der Waals surface area contributed by atoms with Gasteiger partial charge in [-0.15, -0.1) is 0 Å². The van der Waals surface area contributed by atoms with E-state index in [0.29, 0.717) is 6.44 Å². The second-order valence-electron chi connectivity index (χ2n) is 2.98. The van der Waals surface area contributed by atoms with Crippen LogP contribution in [0.3, 0.4) is 0 Å². The van der Waals surface area contributed by atoms with Crippen molar-refractivity contribution in [3.05, 3.63) is 42.0 Å². The van der Waals surface area contributed by atoms with Gasteiger partial charge in [-0.05, 0) is 12.0 Å². The highest BCUT2D eigenvalue weighted by molar-refractivity contribution is 6.09. The van der Waals surface area contributed by atoms with E-state index in [1.54, 1.807) is 0 Å². The van der Waals surface area contributed by atoms with E-state index in [4.69, 9.17) is 7.85 Å². The van der Waals surface area contributed by atoms with Crippen LogP contribution in [0.15, 0.2) is 30.8 Å². The summed E-state index contributed by atoms with van der Waals surface area (Å²) in [5.74, 6) is 0. The van der Waals surface area contributed by atoms with E-state index in [1.165, 1.54) is 11.1 Å². The SMILES string of the molecule is [B]CN1Cc2ccccc2C1=C. The lowest BCUT2D eigenvalue weighted by Gasteiger charge is -2.16. The van der Waals surface area contributed by atoms with Crippen LogP contribution in [0.4, 0.5) is 0 Å². The standard InChI is InChI=1S/C10H10BN/c1-8-10-5-3-2-4-9(10)6-12(8)7-11/h2-5H,1,6-7H2. The molecule has 0 aromatic heterocycles. The molecule has 1 aliphatic heterocycles. The van der Waals surface area contributed by atoms with Crippen LogP contribution in [0.25, 0.3) is 5.70 Å². The molecule has 0 bridgehead atoms. The maximum atomic E-state index is 5.57. The van der Waals surface area contributed by atoms with Gasteiger partial charge < -0.3 is 4.90 Å². The van der Waals surface area contributed by atoms with E-state index >= 15 is 0 Å². The first-order valence-corrected chi connectivity index (χ1v) is 4.05. The Balaban J connectivity index is 2.42. The van der Waals surface area contributed by atoms with Crippen molar-refractivity contribution in [2.75, 3.05) is 6.44 Å². The largest absolute Gasteiger partial charge is 0.376 e. The number of benzene rings is 1. The lowest BCUT2D eigenvalue weighted by molar-refractivity contribution is 0.478. The highest BCUT2D eigenvalue weighted by Gasteiger charge is 2.18. The van der Waals surface area contributed by atoms with Crippen molar-refractivity contribution in [2.45, 2.75) is 6.54 Å². The Morgan fingerprint density at radius 1 is 1.42 bits per heavy atom. The predicted octanol–water partition coefficient (Wildman–Crippen LogP) is 1.60. The van der Waals surface area contributed by atoms with Crippen LogP contribution in [0.2, 0.25) is 0 Å². The molecule has 2 radical (unpaired) electrons. The summed E-state index contributed by atoms with van der Waals surface area (Å²) in [6.45, 7) is 4.90. The van der Waals surface area contributed by atoms with Crippen LogP contribution in [-0.2, 0) is 6.54 Å². The lowest BCUT2D eigenvalue weighted by Crippen LogP contribution is -2.15. The second kappa shape index (κ2) is 2.70. The monoisotopic (exact) mass is 155 g/mol. The highest BCUT2D eigenvalue weighted by atomic mass is 15.1. The van der Waals surface area contributed by atoms with E-state index in [2.05, 4.69) is 23.6 Å². The summed E-state index contributed by atoms with van der Waals surface area (Å²) in [7, 11) is 5.57. The van der Waals surface area contributed by atoms with Crippen LogP contribution in [0, 0.1) is 0 Å². The topological polar surface area (TPSA) is 3.24 Å². The van der Waals surface area contributed by atoms with Crippen molar-refractivity contribution in [2.24, 2.45) is 0 Å². The summed E-state index contributed by atoms with van der Waals surface area (Å²) in [4.78, 5) is 2.07. The molecular weight excluding hydrogens is 145 g/mol. The molecule has 0 unspecified atom stereocenters. The fourth-order valence-electron chi connectivity index (χ4n) is 1.59. The Morgan fingerprint density at radius 2 is 2.17 bits per heavy atom. The molecule has 0 N–H and O–H groups in total.